The van der Waals surface area contributed by atoms with Crippen LogP contribution in [-0.2, 0) is 6.61 Å². The molecule has 2 nitrogen and oxygen atoms in total. The molecule has 0 N–H and O–H groups in total. The summed E-state index contributed by atoms with van der Waals surface area (Å²) in [6.07, 6.45) is 0. The van der Waals surface area contributed by atoms with Crippen molar-refractivity contribution in [2.75, 3.05) is 6.61 Å². The number of benzene rings is 2. The minimum absolute atomic E-state index is 0.286. The van der Waals surface area contributed by atoms with E-state index in [-0.39, 0.29) is 5.82 Å². The van der Waals surface area contributed by atoms with Crippen molar-refractivity contribution in [1.29, 1.82) is 0 Å². The lowest BCUT2D eigenvalue weighted by atomic mass is 10.2. The van der Waals surface area contributed by atoms with Gasteiger partial charge in [0.15, 0.2) is 11.5 Å². The number of hydrogen-bond acceptors (Lipinski definition) is 2. The monoisotopic (exact) mass is 324 g/mol. The first-order chi connectivity index (χ1) is 9.19. The highest BCUT2D eigenvalue weighted by Gasteiger charge is 2.05. The predicted octanol–water partition coefficient (Wildman–Crippen LogP) is 4.57. The predicted molar refractivity (Wildman–Crippen MR) is 76.0 cm³/mol. The highest BCUT2D eigenvalue weighted by molar-refractivity contribution is 9.10. The van der Waals surface area contributed by atoms with Crippen molar-refractivity contribution in [3.63, 3.8) is 0 Å². The van der Waals surface area contributed by atoms with Crippen molar-refractivity contribution in [2.24, 2.45) is 0 Å². The molecule has 2 aromatic rings. The smallest absolute Gasteiger partial charge is 0.161 e. The van der Waals surface area contributed by atoms with E-state index in [4.69, 9.17) is 9.47 Å². The molecule has 2 aromatic carbocycles. The molecule has 0 spiro atoms. The summed E-state index contributed by atoms with van der Waals surface area (Å²) in [7, 11) is 0. The summed E-state index contributed by atoms with van der Waals surface area (Å²) in [4.78, 5) is 0. The first-order valence-electron chi connectivity index (χ1n) is 5.98. The van der Waals surface area contributed by atoms with Gasteiger partial charge in [0.25, 0.3) is 0 Å². The number of halogens is 2. The second-order valence-corrected chi connectivity index (χ2v) is 4.86. The third kappa shape index (κ3) is 3.96. The number of hydrogen-bond donors (Lipinski definition) is 0. The Morgan fingerprint density at radius 1 is 1.05 bits per heavy atom. The van der Waals surface area contributed by atoms with Gasteiger partial charge in [0.1, 0.15) is 12.4 Å². The Balaban J connectivity index is 2.09. The van der Waals surface area contributed by atoms with Gasteiger partial charge >= 0.3 is 0 Å². The molecule has 0 heterocycles. The quantitative estimate of drug-likeness (QED) is 0.802. The Bertz CT molecular complexity index is 537. The average molecular weight is 325 g/mol. The van der Waals surface area contributed by atoms with Gasteiger partial charge in [-0.05, 0) is 42.8 Å². The molecule has 0 radical (unpaired) electrons. The first-order valence-corrected chi connectivity index (χ1v) is 6.78. The van der Waals surface area contributed by atoms with E-state index >= 15 is 0 Å². The van der Waals surface area contributed by atoms with Crippen LogP contribution in [0.3, 0.4) is 0 Å². The maximum Gasteiger partial charge on any atom is 0.161 e. The molecule has 0 aliphatic carbocycles. The summed E-state index contributed by atoms with van der Waals surface area (Å²) >= 11 is 3.26. The van der Waals surface area contributed by atoms with Crippen LogP contribution in [0.4, 0.5) is 4.39 Å². The van der Waals surface area contributed by atoms with E-state index < -0.39 is 0 Å². The van der Waals surface area contributed by atoms with Crippen LogP contribution in [0.25, 0.3) is 0 Å². The van der Waals surface area contributed by atoms with Gasteiger partial charge in [-0.15, -0.1) is 0 Å². The Morgan fingerprint density at radius 3 is 2.37 bits per heavy atom. The normalized spacial score (nSPS) is 10.3. The molecule has 0 bridgehead atoms. The molecular weight excluding hydrogens is 311 g/mol. The van der Waals surface area contributed by atoms with E-state index in [0.717, 1.165) is 5.56 Å². The Kier molecular flexibility index (Phi) is 4.80. The zero-order chi connectivity index (χ0) is 13.7. The first kappa shape index (κ1) is 13.9. The van der Waals surface area contributed by atoms with Crippen LogP contribution in [0.15, 0.2) is 46.9 Å². The van der Waals surface area contributed by atoms with Gasteiger partial charge in [-0.1, -0.05) is 28.1 Å². The van der Waals surface area contributed by atoms with Gasteiger partial charge in [-0.25, -0.2) is 4.39 Å². The van der Waals surface area contributed by atoms with Crippen LogP contribution in [0, 0.1) is 5.82 Å². The van der Waals surface area contributed by atoms with E-state index in [1.807, 2.05) is 37.3 Å². The minimum atomic E-state index is -0.286. The molecule has 4 heteroatoms. The third-order valence-electron chi connectivity index (χ3n) is 2.47. The highest BCUT2D eigenvalue weighted by Crippen LogP contribution is 2.27. The number of rotatable bonds is 5. The molecule has 0 aliphatic heterocycles. The molecule has 0 atom stereocenters. The van der Waals surface area contributed by atoms with Crippen LogP contribution < -0.4 is 9.47 Å². The van der Waals surface area contributed by atoms with Crippen molar-refractivity contribution in [1.82, 2.24) is 0 Å². The highest BCUT2D eigenvalue weighted by atomic mass is 79.9. The Labute approximate surface area is 120 Å². The molecule has 19 heavy (non-hydrogen) atoms. The summed E-state index contributed by atoms with van der Waals surface area (Å²) in [5.41, 5.74) is 0.762. The standard InChI is InChI=1S/C15H14BrFO2/c1-2-18-14-5-3-4-6-15(14)19-10-11-7-12(16)9-13(17)8-11/h3-9H,2,10H2,1H3. The fourth-order valence-corrected chi connectivity index (χ4v) is 2.21. The van der Waals surface area contributed by atoms with Crippen LogP contribution >= 0.6 is 15.9 Å². The fourth-order valence-electron chi connectivity index (χ4n) is 1.70. The Morgan fingerprint density at radius 2 is 1.74 bits per heavy atom. The third-order valence-corrected chi connectivity index (χ3v) is 2.92. The number of para-hydroxylation sites is 2. The lowest BCUT2D eigenvalue weighted by Gasteiger charge is -2.11. The summed E-state index contributed by atoms with van der Waals surface area (Å²) in [5, 5.41) is 0. The van der Waals surface area contributed by atoms with Crippen molar-refractivity contribution in [3.05, 3.63) is 58.3 Å². The van der Waals surface area contributed by atoms with E-state index in [1.165, 1.54) is 12.1 Å². The van der Waals surface area contributed by atoms with E-state index in [9.17, 15) is 4.39 Å². The topological polar surface area (TPSA) is 18.5 Å². The molecule has 0 aliphatic rings. The second kappa shape index (κ2) is 6.57. The van der Waals surface area contributed by atoms with Crippen molar-refractivity contribution < 1.29 is 13.9 Å². The summed E-state index contributed by atoms with van der Waals surface area (Å²) < 4.78 is 25.1. The minimum Gasteiger partial charge on any atom is -0.490 e. The lowest BCUT2D eigenvalue weighted by molar-refractivity contribution is 0.269. The van der Waals surface area contributed by atoms with Gasteiger partial charge in [0, 0.05) is 4.47 Å². The maximum atomic E-state index is 13.2. The zero-order valence-electron chi connectivity index (χ0n) is 10.5. The largest absolute Gasteiger partial charge is 0.490 e. The van der Waals surface area contributed by atoms with Crippen LogP contribution in [0.2, 0.25) is 0 Å². The summed E-state index contributed by atoms with van der Waals surface area (Å²) in [5.74, 6) is 1.07. The Hall–Kier alpha value is -1.55. The van der Waals surface area contributed by atoms with Gasteiger partial charge in [-0.3, -0.25) is 0 Å². The molecule has 0 amide bonds. The zero-order valence-corrected chi connectivity index (χ0v) is 12.1. The SMILES string of the molecule is CCOc1ccccc1OCc1cc(F)cc(Br)c1. The molecule has 0 saturated carbocycles. The van der Waals surface area contributed by atoms with Gasteiger partial charge in [0.2, 0.25) is 0 Å². The van der Waals surface area contributed by atoms with Crippen LogP contribution in [0.5, 0.6) is 11.5 Å². The van der Waals surface area contributed by atoms with Crippen molar-refractivity contribution in [2.45, 2.75) is 13.5 Å². The fraction of sp³-hybridized carbons (Fsp3) is 0.200. The van der Waals surface area contributed by atoms with Gasteiger partial charge in [0.05, 0.1) is 6.61 Å². The van der Waals surface area contributed by atoms with Gasteiger partial charge in [-0.2, -0.15) is 0 Å². The van der Waals surface area contributed by atoms with Crippen LogP contribution in [0.1, 0.15) is 12.5 Å². The molecule has 2 rings (SSSR count). The average Bonchev–Trinajstić information content (AvgIpc) is 2.37. The molecule has 0 unspecified atom stereocenters. The van der Waals surface area contributed by atoms with E-state index in [1.54, 1.807) is 0 Å². The number of ether oxygens (including phenoxy) is 2. The maximum absolute atomic E-state index is 13.2. The molecule has 0 aromatic heterocycles. The molecule has 0 saturated heterocycles. The van der Waals surface area contributed by atoms with E-state index in [0.29, 0.717) is 29.2 Å². The van der Waals surface area contributed by atoms with Crippen molar-refractivity contribution >= 4 is 15.9 Å². The molecule has 100 valence electrons. The van der Waals surface area contributed by atoms with Crippen molar-refractivity contribution in [3.8, 4) is 11.5 Å². The van der Waals surface area contributed by atoms with E-state index in [2.05, 4.69) is 15.9 Å². The lowest BCUT2D eigenvalue weighted by Crippen LogP contribution is -1.99. The summed E-state index contributed by atoms with van der Waals surface area (Å²) in [6.45, 7) is 2.78. The summed E-state index contributed by atoms with van der Waals surface area (Å²) in [6, 6.07) is 12.1. The molecule has 0 fully saturated rings. The van der Waals surface area contributed by atoms with Gasteiger partial charge < -0.3 is 9.47 Å². The van der Waals surface area contributed by atoms with Crippen LogP contribution in [-0.4, -0.2) is 6.61 Å². The molecular formula is C15H14BrFO2. The second-order valence-electron chi connectivity index (χ2n) is 3.95.